The maximum absolute atomic E-state index is 11.1. The van der Waals surface area contributed by atoms with E-state index in [1.54, 1.807) is 13.8 Å². The van der Waals surface area contributed by atoms with Crippen LogP contribution in [0.15, 0.2) is 10.2 Å². The molecule has 0 saturated heterocycles. The molecule has 22 heavy (non-hydrogen) atoms. The third kappa shape index (κ3) is 7.41. The summed E-state index contributed by atoms with van der Waals surface area (Å²) in [6, 6.07) is 0. The van der Waals surface area contributed by atoms with Crippen LogP contribution in [0.2, 0.25) is 0 Å². The molecule has 0 saturated carbocycles. The molecule has 0 aromatic carbocycles. The van der Waals surface area contributed by atoms with Crippen LogP contribution in [0.5, 0.6) is 0 Å². The summed E-state index contributed by atoms with van der Waals surface area (Å²) < 4.78 is 0. The van der Waals surface area contributed by atoms with Crippen LogP contribution in [-0.4, -0.2) is 33.5 Å². The van der Waals surface area contributed by atoms with Gasteiger partial charge in [-0.2, -0.15) is 10.2 Å². The summed E-state index contributed by atoms with van der Waals surface area (Å²) in [5, 5.41) is 28.1. The molecule has 0 heterocycles. The standard InChI is InChI=1S/C12H26N6O4/c1-3-11(21,7-5-9(19)15-13)17-18-12(22,4-2)8-6-10(20)16-14/h21-22H,3-8,13-14H2,1-2H3,(H,15,19)(H,16,20). The van der Waals surface area contributed by atoms with Crippen molar-refractivity contribution in [3.8, 4) is 0 Å². The number of rotatable bonds is 10. The van der Waals surface area contributed by atoms with E-state index in [4.69, 9.17) is 11.7 Å². The van der Waals surface area contributed by atoms with Gasteiger partial charge in [-0.05, 0) is 12.8 Å². The van der Waals surface area contributed by atoms with Gasteiger partial charge in [0.2, 0.25) is 11.8 Å². The lowest BCUT2D eigenvalue weighted by atomic mass is 10.0. The van der Waals surface area contributed by atoms with E-state index >= 15 is 0 Å². The second-order valence-electron chi connectivity index (χ2n) is 5.01. The first-order valence-electron chi connectivity index (χ1n) is 7.12. The van der Waals surface area contributed by atoms with E-state index in [-0.39, 0.29) is 38.5 Å². The molecule has 0 aromatic rings. The van der Waals surface area contributed by atoms with Gasteiger partial charge >= 0.3 is 0 Å². The van der Waals surface area contributed by atoms with Crippen molar-refractivity contribution >= 4 is 11.8 Å². The van der Waals surface area contributed by atoms with Gasteiger partial charge in [-0.1, -0.05) is 13.8 Å². The Morgan fingerprint density at radius 1 is 0.909 bits per heavy atom. The number of aliphatic hydroxyl groups is 2. The molecular weight excluding hydrogens is 292 g/mol. The Kier molecular flexibility index (Phi) is 8.72. The molecule has 10 nitrogen and oxygen atoms in total. The Morgan fingerprint density at radius 3 is 1.45 bits per heavy atom. The molecule has 0 fully saturated rings. The minimum absolute atomic E-state index is 0.0130. The Bertz CT molecular complexity index is 369. The van der Waals surface area contributed by atoms with Gasteiger partial charge in [0, 0.05) is 25.7 Å². The van der Waals surface area contributed by atoms with Gasteiger partial charge < -0.3 is 10.2 Å². The van der Waals surface area contributed by atoms with Crippen LogP contribution in [0.1, 0.15) is 52.4 Å². The van der Waals surface area contributed by atoms with E-state index in [0.29, 0.717) is 0 Å². The molecule has 2 unspecified atom stereocenters. The van der Waals surface area contributed by atoms with Crippen LogP contribution < -0.4 is 22.5 Å². The number of nitrogens with one attached hydrogen (secondary N) is 2. The molecule has 128 valence electrons. The number of nitrogens with zero attached hydrogens (tertiary/aromatic N) is 2. The number of azo groups is 1. The van der Waals surface area contributed by atoms with E-state index in [1.165, 1.54) is 0 Å². The highest BCUT2D eigenvalue weighted by Crippen LogP contribution is 2.25. The largest absolute Gasteiger partial charge is 0.368 e. The first-order chi connectivity index (χ1) is 10.2. The van der Waals surface area contributed by atoms with Crippen molar-refractivity contribution in [2.45, 2.75) is 63.8 Å². The highest BCUT2D eigenvalue weighted by atomic mass is 16.3. The van der Waals surface area contributed by atoms with Crippen molar-refractivity contribution in [1.29, 1.82) is 0 Å². The molecule has 0 aliphatic rings. The van der Waals surface area contributed by atoms with Crippen molar-refractivity contribution in [2.24, 2.45) is 21.9 Å². The molecule has 0 radical (unpaired) electrons. The molecule has 0 spiro atoms. The second kappa shape index (κ2) is 9.41. The zero-order chi connectivity index (χ0) is 17.2. The SMILES string of the molecule is CCC(O)(CCC(=O)NN)N=NC(O)(CC)CCC(=O)NN. The average Bonchev–Trinajstić information content (AvgIpc) is 2.55. The lowest BCUT2D eigenvalue weighted by Gasteiger charge is -2.25. The predicted octanol–water partition coefficient (Wildman–Crippen LogP) is -0.824. The fourth-order valence-corrected chi connectivity index (χ4v) is 1.55. The number of amides is 2. The van der Waals surface area contributed by atoms with Gasteiger partial charge in [0.15, 0.2) is 11.4 Å². The minimum Gasteiger partial charge on any atom is -0.368 e. The normalized spacial score (nSPS) is 16.8. The molecule has 0 aliphatic carbocycles. The molecule has 8 N–H and O–H groups in total. The molecule has 0 rings (SSSR count). The lowest BCUT2D eigenvalue weighted by molar-refractivity contribution is -0.123. The van der Waals surface area contributed by atoms with E-state index in [9.17, 15) is 19.8 Å². The second-order valence-corrected chi connectivity index (χ2v) is 5.01. The van der Waals surface area contributed by atoms with Crippen molar-refractivity contribution in [1.82, 2.24) is 10.9 Å². The summed E-state index contributed by atoms with van der Waals surface area (Å²) in [5.74, 6) is 9.06. The molecule has 10 heteroatoms. The topological polar surface area (TPSA) is 175 Å². The summed E-state index contributed by atoms with van der Waals surface area (Å²) in [5.41, 5.74) is 0.758. The number of hydrogen-bond acceptors (Lipinski definition) is 8. The first-order valence-corrected chi connectivity index (χ1v) is 7.12. The molecule has 0 bridgehead atoms. The summed E-state index contributed by atoms with van der Waals surface area (Å²) in [6.07, 6.45) is 0.382. The maximum atomic E-state index is 11.1. The Hall–Kier alpha value is -1.62. The quantitative estimate of drug-likeness (QED) is 0.133. The summed E-state index contributed by atoms with van der Waals surface area (Å²) in [7, 11) is 0. The van der Waals surface area contributed by atoms with Crippen LogP contribution in [0.4, 0.5) is 0 Å². The highest BCUT2D eigenvalue weighted by Gasteiger charge is 2.30. The van der Waals surface area contributed by atoms with E-state index < -0.39 is 23.3 Å². The van der Waals surface area contributed by atoms with Crippen molar-refractivity contribution in [3.63, 3.8) is 0 Å². The Labute approximate surface area is 129 Å². The third-order valence-electron chi connectivity index (χ3n) is 3.38. The van der Waals surface area contributed by atoms with E-state index in [0.717, 1.165) is 0 Å². The zero-order valence-electron chi connectivity index (χ0n) is 13.0. The number of carbonyl (C=O) groups excluding carboxylic acids is 2. The zero-order valence-corrected chi connectivity index (χ0v) is 13.0. The fraction of sp³-hybridized carbons (Fsp3) is 0.833. The van der Waals surface area contributed by atoms with Gasteiger partial charge in [0.1, 0.15) is 0 Å². The number of hydrazine groups is 2. The van der Waals surface area contributed by atoms with Gasteiger partial charge in [-0.3, -0.25) is 20.4 Å². The van der Waals surface area contributed by atoms with Crippen molar-refractivity contribution in [2.75, 3.05) is 0 Å². The van der Waals surface area contributed by atoms with Crippen LogP contribution in [-0.2, 0) is 9.59 Å². The van der Waals surface area contributed by atoms with Crippen LogP contribution in [0.3, 0.4) is 0 Å². The highest BCUT2D eigenvalue weighted by molar-refractivity contribution is 5.75. The maximum Gasteiger partial charge on any atom is 0.234 e. The van der Waals surface area contributed by atoms with Crippen LogP contribution in [0, 0.1) is 0 Å². The molecular formula is C12H26N6O4. The summed E-state index contributed by atoms with van der Waals surface area (Å²) in [6.45, 7) is 3.35. The van der Waals surface area contributed by atoms with Crippen LogP contribution in [0.25, 0.3) is 0 Å². The molecule has 2 atom stereocenters. The fourth-order valence-electron chi connectivity index (χ4n) is 1.55. The Balaban J connectivity index is 4.81. The van der Waals surface area contributed by atoms with Crippen molar-refractivity contribution < 1.29 is 19.8 Å². The monoisotopic (exact) mass is 318 g/mol. The first kappa shape index (κ1) is 20.4. The van der Waals surface area contributed by atoms with Gasteiger partial charge in [0.05, 0.1) is 0 Å². The van der Waals surface area contributed by atoms with Crippen molar-refractivity contribution in [3.05, 3.63) is 0 Å². The van der Waals surface area contributed by atoms with Crippen LogP contribution >= 0.6 is 0 Å². The Morgan fingerprint density at radius 2 is 1.23 bits per heavy atom. The predicted molar refractivity (Wildman–Crippen MR) is 78.5 cm³/mol. The smallest absolute Gasteiger partial charge is 0.234 e. The molecule has 0 aromatic heterocycles. The van der Waals surface area contributed by atoms with E-state index in [2.05, 4.69) is 10.2 Å². The van der Waals surface area contributed by atoms with Gasteiger partial charge in [-0.25, -0.2) is 11.7 Å². The summed E-state index contributed by atoms with van der Waals surface area (Å²) >= 11 is 0. The molecule has 2 amide bonds. The average molecular weight is 318 g/mol. The lowest BCUT2D eigenvalue weighted by Crippen LogP contribution is -2.35. The molecule has 0 aliphatic heterocycles. The number of carbonyl (C=O) groups is 2. The number of hydrogen-bond donors (Lipinski definition) is 6. The van der Waals surface area contributed by atoms with E-state index in [1.807, 2.05) is 10.9 Å². The van der Waals surface area contributed by atoms with Gasteiger partial charge in [-0.15, -0.1) is 0 Å². The summed E-state index contributed by atoms with van der Waals surface area (Å²) in [4.78, 5) is 22.2. The number of nitrogens with two attached hydrogens (primary N) is 2. The third-order valence-corrected chi connectivity index (χ3v) is 3.38. The minimum atomic E-state index is -1.58. The van der Waals surface area contributed by atoms with Gasteiger partial charge in [0.25, 0.3) is 0 Å².